The van der Waals surface area contributed by atoms with Crippen LogP contribution in [0.15, 0.2) is 42.6 Å². The zero-order chi connectivity index (χ0) is 17.9. The van der Waals surface area contributed by atoms with Gasteiger partial charge in [-0.15, -0.1) is 17.5 Å². The molecule has 5 nitrogen and oxygen atoms in total. The summed E-state index contributed by atoms with van der Waals surface area (Å²) in [6.07, 6.45) is 5.26. The summed E-state index contributed by atoms with van der Waals surface area (Å²) in [5.74, 6) is -0.0823. The highest BCUT2D eigenvalue weighted by atomic mass is 35.5. The van der Waals surface area contributed by atoms with E-state index in [2.05, 4.69) is 16.3 Å². The highest BCUT2D eigenvalue weighted by molar-refractivity contribution is 6.30. The summed E-state index contributed by atoms with van der Waals surface area (Å²) in [5.41, 5.74) is 7.68. The summed E-state index contributed by atoms with van der Waals surface area (Å²) in [5, 5.41) is 8.45. The average Bonchev–Trinajstić information content (AvgIpc) is 2.67. The van der Waals surface area contributed by atoms with Crippen LogP contribution in [0.4, 0.5) is 0 Å². The maximum absolute atomic E-state index is 12.6. The van der Waals surface area contributed by atoms with Gasteiger partial charge in [0.2, 0.25) is 0 Å². The molecule has 2 N–H and O–H groups in total. The van der Waals surface area contributed by atoms with Crippen LogP contribution in [0.25, 0.3) is 0 Å². The predicted octanol–water partition coefficient (Wildman–Crippen LogP) is 3.46. The number of halogens is 2. The lowest BCUT2D eigenvalue weighted by Crippen LogP contribution is -2.46. The fourth-order valence-electron chi connectivity index (χ4n) is 3.73. The number of aromatic nitrogens is 2. The Balaban J connectivity index is 0.00000243. The van der Waals surface area contributed by atoms with Gasteiger partial charge in [-0.3, -0.25) is 4.79 Å². The molecule has 140 valence electrons. The Hall–Kier alpha value is -1.69. The minimum absolute atomic E-state index is 0. The average molecular weight is 395 g/mol. The van der Waals surface area contributed by atoms with E-state index in [1.807, 2.05) is 25.2 Å². The summed E-state index contributed by atoms with van der Waals surface area (Å²) in [6, 6.07) is 11.6. The van der Waals surface area contributed by atoms with Gasteiger partial charge in [0.05, 0.1) is 0 Å². The van der Waals surface area contributed by atoms with Crippen LogP contribution in [0.1, 0.15) is 41.7 Å². The standard InChI is InChI=1S/C19H23ClN4O.ClH/c1-24(18(25)17-6-3-11-22-23-17)16-7-9-19(13-21,10-8-16)14-4-2-5-15(20)12-14;/h2-6,11-12,16H,7-10,13,21H2,1H3;1H/t16-,19+;. The minimum Gasteiger partial charge on any atom is -0.337 e. The van der Waals surface area contributed by atoms with Crippen LogP contribution in [0.5, 0.6) is 0 Å². The highest BCUT2D eigenvalue weighted by Crippen LogP contribution is 2.40. The number of nitrogens with two attached hydrogens (primary N) is 1. The molecule has 0 aliphatic heterocycles. The van der Waals surface area contributed by atoms with Crippen LogP contribution in [0.2, 0.25) is 5.02 Å². The van der Waals surface area contributed by atoms with E-state index in [-0.39, 0.29) is 29.8 Å². The second kappa shape index (κ2) is 8.80. The van der Waals surface area contributed by atoms with E-state index >= 15 is 0 Å². The van der Waals surface area contributed by atoms with E-state index in [4.69, 9.17) is 17.3 Å². The van der Waals surface area contributed by atoms with Crippen molar-refractivity contribution in [2.75, 3.05) is 13.6 Å². The quantitative estimate of drug-likeness (QED) is 0.861. The Kier molecular flexibility index (Phi) is 6.98. The van der Waals surface area contributed by atoms with E-state index < -0.39 is 0 Å². The molecule has 1 heterocycles. The van der Waals surface area contributed by atoms with Gasteiger partial charge in [-0.2, -0.15) is 5.10 Å². The number of carbonyl (C=O) groups is 1. The fourth-order valence-corrected chi connectivity index (χ4v) is 3.92. The topological polar surface area (TPSA) is 72.1 Å². The normalized spacial score (nSPS) is 22.3. The third kappa shape index (κ3) is 4.17. The van der Waals surface area contributed by atoms with Crippen molar-refractivity contribution in [3.05, 3.63) is 58.9 Å². The first-order valence-corrected chi connectivity index (χ1v) is 8.94. The SMILES string of the molecule is CN(C(=O)c1cccnn1)[C@H]1CC[C@@](CN)(c2cccc(Cl)c2)CC1.Cl. The Labute approximate surface area is 165 Å². The first-order valence-electron chi connectivity index (χ1n) is 8.57. The van der Waals surface area contributed by atoms with Crippen molar-refractivity contribution in [2.45, 2.75) is 37.1 Å². The van der Waals surface area contributed by atoms with Gasteiger partial charge in [0.25, 0.3) is 5.91 Å². The van der Waals surface area contributed by atoms with Crippen molar-refractivity contribution in [1.29, 1.82) is 0 Å². The monoisotopic (exact) mass is 394 g/mol. The smallest absolute Gasteiger partial charge is 0.274 e. The molecular formula is C19H24Cl2N4O. The molecule has 0 atom stereocenters. The molecule has 0 bridgehead atoms. The molecule has 0 radical (unpaired) electrons. The second-order valence-corrected chi connectivity index (χ2v) is 7.19. The number of rotatable bonds is 4. The Morgan fingerprint density at radius 2 is 2.04 bits per heavy atom. The van der Waals surface area contributed by atoms with Crippen molar-refractivity contribution in [2.24, 2.45) is 5.73 Å². The Morgan fingerprint density at radius 1 is 1.31 bits per heavy atom. The van der Waals surface area contributed by atoms with Crippen molar-refractivity contribution in [1.82, 2.24) is 15.1 Å². The van der Waals surface area contributed by atoms with Gasteiger partial charge in [0.15, 0.2) is 5.69 Å². The molecule has 1 aliphatic rings. The molecular weight excluding hydrogens is 371 g/mol. The summed E-state index contributed by atoms with van der Waals surface area (Å²) in [4.78, 5) is 14.4. The van der Waals surface area contributed by atoms with Gasteiger partial charge in [0, 0.05) is 36.3 Å². The molecule has 7 heteroatoms. The van der Waals surface area contributed by atoms with E-state index in [0.29, 0.717) is 12.2 Å². The molecule has 3 rings (SSSR count). The highest BCUT2D eigenvalue weighted by Gasteiger charge is 2.38. The molecule has 0 saturated heterocycles. The maximum atomic E-state index is 12.6. The molecule has 0 spiro atoms. The van der Waals surface area contributed by atoms with Gasteiger partial charge in [-0.05, 0) is 55.5 Å². The summed E-state index contributed by atoms with van der Waals surface area (Å²) in [6.45, 7) is 0.585. The van der Waals surface area contributed by atoms with Crippen LogP contribution < -0.4 is 5.73 Å². The fraction of sp³-hybridized carbons (Fsp3) is 0.421. The molecule has 1 amide bonds. The van der Waals surface area contributed by atoms with Crippen LogP contribution >= 0.6 is 24.0 Å². The number of hydrogen-bond acceptors (Lipinski definition) is 4. The number of nitrogens with zero attached hydrogens (tertiary/aromatic N) is 3. The lowest BCUT2D eigenvalue weighted by molar-refractivity contribution is 0.0655. The first kappa shape index (κ1) is 20.6. The van der Waals surface area contributed by atoms with Crippen molar-refractivity contribution < 1.29 is 4.79 Å². The number of benzene rings is 1. The molecule has 1 fully saturated rings. The summed E-state index contributed by atoms with van der Waals surface area (Å²) < 4.78 is 0. The van der Waals surface area contributed by atoms with Gasteiger partial charge in [0.1, 0.15) is 0 Å². The summed E-state index contributed by atoms with van der Waals surface area (Å²) in [7, 11) is 1.84. The molecule has 26 heavy (non-hydrogen) atoms. The maximum Gasteiger partial charge on any atom is 0.274 e. The molecule has 0 unspecified atom stereocenters. The van der Waals surface area contributed by atoms with Gasteiger partial charge < -0.3 is 10.6 Å². The van der Waals surface area contributed by atoms with Gasteiger partial charge >= 0.3 is 0 Å². The summed E-state index contributed by atoms with van der Waals surface area (Å²) >= 11 is 6.16. The second-order valence-electron chi connectivity index (χ2n) is 6.75. The molecule has 1 saturated carbocycles. The van der Waals surface area contributed by atoms with Crippen molar-refractivity contribution in [3.63, 3.8) is 0 Å². The van der Waals surface area contributed by atoms with E-state index in [9.17, 15) is 4.79 Å². The van der Waals surface area contributed by atoms with E-state index in [1.165, 1.54) is 5.56 Å². The first-order chi connectivity index (χ1) is 12.1. The minimum atomic E-state index is -0.0823. The van der Waals surface area contributed by atoms with E-state index in [1.54, 1.807) is 23.2 Å². The Morgan fingerprint density at radius 3 is 2.62 bits per heavy atom. The van der Waals surface area contributed by atoms with Crippen molar-refractivity contribution >= 4 is 29.9 Å². The predicted molar refractivity (Wildman–Crippen MR) is 106 cm³/mol. The molecule has 2 aromatic rings. The van der Waals surface area contributed by atoms with Gasteiger partial charge in [-0.25, -0.2) is 0 Å². The molecule has 1 aliphatic carbocycles. The van der Waals surface area contributed by atoms with Gasteiger partial charge in [-0.1, -0.05) is 23.7 Å². The molecule has 1 aromatic carbocycles. The number of hydrogen-bond donors (Lipinski definition) is 1. The van der Waals surface area contributed by atoms with Crippen LogP contribution in [-0.4, -0.2) is 40.6 Å². The van der Waals surface area contributed by atoms with E-state index in [0.717, 1.165) is 30.7 Å². The largest absolute Gasteiger partial charge is 0.337 e. The zero-order valence-corrected chi connectivity index (χ0v) is 16.3. The Bertz CT molecular complexity index is 733. The van der Waals surface area contributed by atoms with Crippen molar-refractivity contribution in [3.8, 4) is 0 Å². The van der Waals surface area contributed by atoms with Crippen LogP contribution in [0, 0.1) is 0 Å². The third-order valence-corrected chi connectivity index (χ3v) is 5.63. The van der Waals surface area contributed by atoms with Crippen LogP contribution in [-0.2, 0) is 5.41 Å². The third-order valence-electron chi connectivity index (χ3n) is 5.40. The van der Waals surface area contributed by atoms with Crippen LogP contribution in [0.3, 0.4) is 0 Å². The number of carbonyl (C=O) groups excluding carboxylic acids is 1. The number of amides is 1. The zero-order valence-electron chi connectivity index (χ0n) is 14.8. The lowest BCUT2D eigenvalue weighted by Gasteiger charge is -2.42. The molecule has 1 aromatic heterocycles. The lowest BCUT2D eigenvalue weighted by atomic mass is 9.68.